The van der Waals surface area contributed by atoms with Gasteiger partial charge in [0.1, 0.15) is 25.1 Å². The van der Waals surface area contributed by atoms with E-state index in [0.717, 1.165) is 22.3 Å². The molecule has 0 fully saturated rings. The van der Waals surface area contributed by atoms with Crippen molar-refractivity contribution < 1.29 is 23.9 Å². The SMILES string of the molecule is O=C(N[C@H](Cc1ccccc1)CN(C(=O)CCl)[C@@H](Cc1ccccc1)C(=O)OCc1ccccc1)OCc1ccccc1. The molecule has 0 aliphatic rings. The van der Waals surface area contributed by atoms with Crippen LogP contribution in [0.15, 0.2) is 121 Å². The second-order valence-electron chi connectivity index (χ2n) is 10.1. The smallest absolute Gasteiger partial charge is 0.407 e. The van der Waals surface area contributed by atoms with E-state index in [-0.39, 0.29) is 32.1 Å². The molecular formula is C35H35ClN2O5. The van der Waals surface area contributed by atoms with Gasteiger partial charge in [-0.1, -0.05) is 121 Å². The molecule has 4 aromatic carbocycles. The van der Waals surface area contributed by atoms with Crippen LogP contribution in [0.3, 0.4) is 0 Å². The highest BCUT2D eigenvalue weighted by atomic mass is 35.5. The van der Waals surface area contributed by atoms with E-state index < -0.39 is 30.1 Å². The van der Waals surface area contributed by atoms with Crippen molar-refractivity contribution >= 4 is 29.6 Å². The minimum Gasteiger partial charge on any atom is -0.459 e. The summed E-state index contributed by atoms with van der Waals surface area (Å²) in [6.07, 6.45) is -0.0211. The van der Waals surface area contributed by atoms with E-state index >= 15 is 0 Å². The lowest BCUT2D eigenvalue weighted by Gasteiger charge is -2.33. The number of carbonyl (C=O) groups is 3. The van der Waals surface area contributed by atoms with E-state index in [1.165, 1.54) is 4.90 Å². The van der Waals surface area contributed by atoms with E-state index in [0.29, 0.717) is 6.42 Å². The number of rotatable bonds is 14. The number of amides is 2. The van der Waals surface area contributed by atoms with Gasteiger partial charge in [-0.05, 0) is 28.7 Å². The average molecular weight is 599 g/mol. The van der Waals surface area contributed by atoms with E-state index in [2.05, 4.69) is 5.32 Å². The first kappa shape index (κ1) is 31.3. The van der Waals surface area contributed by atoms with Crippen molar-refractivity contribution in [2.24, 2.45) is 0 Å². The normalized spacial score (nSPS) is 12.0. The molecular weight excluding hydrogens is 564 g/mol. The fourth-order valence-corrected chi connectivity index (χ4v) is 4.84. The number of ether oxygens (including phenoxy) is 2. The molecule has 0 saturated carbocycles. The Balaban J connectivity index is 1.57. The number of esters is 1. The van der Waals surface area contributed by atoms with Crippen molar-refractivity contribution in [3.05, 3.63) is 144 Å². The van der Waals surface area contributed by atoms with Gasteiger partial charge >= 0.3 is 12.1 Å². The van der Waals surface area contributed by atoms with Crippen molar-refractivity contribution in [1.29, 1.82) is 0 Å². The van der Waals surface area contributed by atoms with Gasteiger partial charge < -0.3 is 19.7 Å². The van der Waals surface area contributed by atoms with Crippen LogP contribution in [-0.2, 0) is 45.1 Å². The number of alkyl halides is 1. The van der Waals surface area contributed by atoms with Crippen molar-refractivity contribution in [2.45, 2.75) is 38.1 Å². The van der Waals surface area contributed by atoms with Crippen LogP contribution in [0.25, 0.3) is 0 Å². The summed E-state index contributed by atoms with van der Waals surface area (Å²) in [5, 5.41) is 2.91. The van der Waals surface area contributed by atoms with Gasteiger partial charge in [-0.2, -0.15) is 0 Å². The van der Waals surface area contributed by atoms with Crippen molar-refractivity contribution in [2.75, 3.05) is 12.4 Å². The predicted molar refractivity (Wildman–Crippen MR) is 166 cm³/mol. The van der Waals surface area contributed by atoms with Crippen LogP contribution in [0.2, 0.25) is 0 Å². The Morgan fingerprint density at radius 3 is 1.56 bits per heavy atom. The molecule has 4 aromatic rings. The van der Waals surface area contributed by atoms with E-state index in [9.17, 15) is 14.4 Å². The van der Waals surface area contributed by atoms with Crippen LogP contribution in [0.5, 0.6) is 0 Å². The molecule has 0 heterocycles. The van der Waals surface area contributed by atoms with E-state index in [1.54, 1.807) is 0 Å². The van der Waals surface area contributed by atoms with Gasteiger partial charge in [0.2, 0.25) is 5.91 Å². The van der Waals surface area contributed by atoms with E-state index in [4.69, 9.17) is 21.1 Å². The fraction of sp³-hybridized carbons (Fsp3) is 0.229. The van der Waals surface area contributed by atoms with Gasteiger partial charge in [0.15, 0.2) is 0 Å². The average Bonchev–Trinajstić information content (AvgIpc) is 3.05. The Kier molecular flexibility index (Phi) is 12.2. The van der Waals surface area contributed by atoms with Crippen LogP contribution in [0, 0.1) is 0 Å². The molecule has 1 N–H and O–H groups in total. The summed E-state index contributed by atoms with van der Waals surface area (Å²) < 4.78 is 11.2. The third-order valence-corrected chi connectivity index (χ3v) is 7.08. The van der Waals surface area contributed by atoms with Gasteiger partial charge in [-0.25, -0.2) is 9.59 Å². The Labute approximate surface area is 257 Å². The number of halogens is 1. The van der Waals surface area contributed by atoms with Gasteiger partial charge in [-0.3, -0.25) is 4.79 Å². The van der Waals surface area contributed by atoms with Crippen molar-refractivity contribution in [1.82, 2.24) is 10.2 Å². The largest absolute Gasteiger partial charge is 0.459 e. The molecule has 2 atom stereocenters. The molecule has 7 nitrogen and oxygen atoms in total. The molecule has 0 radical (unpaired) electrons. The lowest BCUT2D eigenvalue weighted by molar-refractivity contribution is -0.156. The van der Waals surface area contributed by atoms with Crippen molar-refractivity contribution in [3.63, 3.8) is 0 Å². The van der Waals surface area contributed by atoms with Crippen molar-refractivity contribution in [3.8, 4) is 0 Å². The predicted octanol–water partition coefficient (Wildman–Crippen LogP) is 5.95. The Hall–Kier alpha value is -4.62. The minimum atomic E-state index is -0.974. The van der Waals surface area contributed by atoms with Crippen LogP contribution >= 0.6 is 11.6 Å². The van der Waals surface area contributed by atoms with Gasteiger partial charge in [0.05, 0.1) is 6.04 Å². The molecule has 2 amide bonds. The molecule has 0 aliphatic heterocycles. The Morgan fingerprint density at radius 1 is 0.628 bits per heavy atom. The number of nitrogens with zero attached hydrogens (tertiary/aromatic N) is 1. The lowest BCUT2D eigenvalue weighted by atomic mass is 10.0. The maximum absolute atomic E-state index is 13.6. The first-order valence-electron chi connectivity index (χ1n) is 14.1. The van der Waals surface area contributed by atoms with Crippen LogP contribution < -0.4 is 5.32 Å². The van der Waals surface area contributed by atoms with E-state index in [1.807, 2.05) is 121 Å². The fourth-order valence-electron chi connectivity index (χ4n) is 4.69. The quantitative estimate of drug-likeness (QED) is 0.143. The molecule has 8 heteroatoms. The zero-order valence-electron chi connectivity index (χ0n) is 23.8. The first-order chi connectivity index (χ1) is 21.0. The topological polar surface area (TPSA) is 84.9 Å². The molecule has 0 spiro atoms. The summed E-state index contributed by atoms with van der Waals surface area (Å²) in [7, 11) is 0. The van der Waals surface area contributed by atoms with Gasteiger partial charge in [-0.15, -0.1) is 11.6 Å². The number of benzene rings is 4. The monoisotopic (exact) mass is 598 g/mol. The third kappa shape index (κ3) is 10.3. The Bertz CT molecular complexity index is 1420. The molecule has 0 bridgehead atoms. The first-order valence-corrected chi connectivity index (χ1v) is 14.7. The second-order valence-corrected chi connectivity index (χ2v) is 10.3. The number of hydrogen-bond acceptors (Lipinski definition) is 5. The molecule has 43 heavy (non-hydrogen) atoms. The number of alkyl carbamates (subject to hydrolysis) is 1. The zero-order chi connectivity index (χ0) is 30.3. The lowest BCUT2D eigenvalue weighted by Crippen LogP contribution is -2.54. The number of hydrogen-bond donors (Lipinski definition) is 1. The second kappa shape index (κ2) is 16.7. The summed E-state index contributed by atoms with van der Waals surface area (Å²) in [4.78, 5) is 41.3. The van der Waals surface area contributed by atoms with Crippen LogP contribution in [0.1, 0.15) is 22.3 Å². The highest BCUT2D eigenvalue weighted by molar-refractivity contribution is 6.27. The zero-order valence-corrected chi connectivity index (χ0v) is 24.6. The molecule has 222 valence electrons. The Morgan fingerprint density at radius 2 is 1.07 bits per heavy atom. The molecule has 0 unspecified atom stereocenters. The highest BCUT2D eigenvalue weighted by Crippen LogP contribution is 2.16. The number of nitrogens with one attached hydrogen (secondary N) is 1. The minimum absolute atomic E-state index is 0.0127. The maximum Gasteiger partial charge on any atom is 0.407 e. The third-order valence-electron chi connectivity index (χ3n) is 6.86. The summed E-state index contributed by atoms with van der Waals surface area (Å²) in [5.41, 5.74) is 3.47. The summed E-state index contributed by atoms with van der Waals surface area (Å²) >= 11 is 6.08. The van der Waals surface area contributed by atoms with Crippen LogP contribution in [0.4, 0.5) is 4.79 Å². The van der Waals surface area contributed by atoms with Gasteiger partial charge in [0.25, 0.3) is 0 Å². The molecule has 0 saturated heterocycles. The molecule has 4 rings (SSSR count). The summed E-state index contributed by atoms with van der Waals surface area (Å²) in [5.74, 6) is -1.35. The molecule has 0 aliphatic carbocycles. The summed E-state index contributed by atoms with van der Waals surface area (Å²) in [6, 6.07) is 36.1. The van der Waals surface area contributed by atoms with Gasteiger partial charge in [0, 0.05) is 13.0 Å². The van der Waals surface area contributed by atoms with Crippen LogP contribution in [-0.4, -0.2) is 47.4 Å². The standard InChI is InChI=1S/C35H35ClN2O5/c36-23-33(39)38(32(22-28-15-7-2-8-16-28)34(40)42-25-29-17-9-3-10-18-29)24-31(21-27-13-5-1-6-14-27)37-35(41)43-26-30-19-11-4-12-20-30/h1-20,31-32H,21-26H2,(H,37,41)/t31-,32+/m1/s1. The highest BCUT2D eigenvalue weighted by Gasteiger charge is 2.33. The summed E-state index contributed by atoms with van der Waals surface area (Å²) in [6.45, 7) is 0.168. The maximum atomic E-state index is 13.6. The molecule has 0 aromatic heterocycles. The number of carbonyl (C=O) groups excluding carboxylic acids is 3.